The average Bonchev–Trinajstić information content (AvgIpc) is 2.76. The fraction of sp³-hybridized carbons (Fsp3) is 0.909. The standard InChI is InChI=1S/C11H18O/c1-11(2)6-5-10(12)9(7-11)8-3-4-8/h8-9H,3-7H2,1-2H3. The number of Topliss-reactive ketones (excluding diaryl/α,β-unsaturated/α-hetero) is 1. The smallest absolute Gasteiger partial charge is 0.136 e. The third-order valence-electron chi connectivity index (χ3n) is 3.43. The van der Waals surface area contributed by atoms with Gasteiger partial charge in [-0.3, -0.25) is 4.79 Å². The van der Waals surface area contributed by atoms with E-state index >= 15 is 0 Å². The summed E-state index contributed by atoms with van der Waals surface area (Å²) in [5.74, 6) is 1.77. The van der Waals surface area contributed by atoms with Crippen LogP contribution in [0.1, 0.15) is 46.0 Å². The van der Waals surface area contributed by atoms with Crippen LogP contribution in [0.4, 0.5) is 0 Å². The lowest BCUT2D eigenvalue weighted by Gasteiger charge is -2.34. The number of hydrogen-bond donors (Lipinski definition) is 0. The Kier molecular flexibility index (Phi) is 1.78. The molecule has 0 N–H and O–H groups in total. The number of hydrogen-bond acceptors (Lipinski definition) is 1. The van der Waals surface area contributed by atoms with Gasteiger partial charge in [0.25, 0.3) is 0 Å². The molecule has 0 amide bonds. The number of rotatable bonds is 1. The van der Waals surface area contributed by atoms with E-state index in [-0.39, 0.29) is 0 Å². The second kappa shape index (κ2) is 2.58. The first-order valence-corrected chi connectivity index (χ1v) is 5.11. The van der Waals surface area contributed by atoms with E-state index in [4.69, 9.17) is 0 Å². The van der Waals surface area contributed by atoms with Crippen LogP contribution in [-0.2, 0) is 4.79 Å². The van der Waals surface area contributed by atoms with Crippen LogP contribution in [-0.4, -0.2) is 5.78 Å². The number of ketones is 1. The van der Waals surface area contributed by atoms with Gasteiger partial charge in [0, 0.05) is 12.3 Å². The van der Waals surface area contributed by atoms with Gasteiger partial charge in [0.05, 0.1) is 0 Å². The Morgan fingerprint density at radius 1 is 1.33 bits per heavy atom. The molecule has 12 heavy (non-hydrogen) atoms. The monoisotopic (exact) mass is 166 g/mol. The fourth-order valence-corrected chi connectivity index (χ4v) is 2.39. The third kappa shape index (κ3) is 1.55. The highest BCUT2D eigenvalue weighted by Crippen LogP contribution is 2.47. The predicted molar refractivity (Wildman–Crippen MR) is 48.9 cm³/mol. The molecule has 0 spiro atoms. The van der Waals surface area contributed by atoms with E-state index in [2.05, 4.69) is 13.8 Å². The molecule has 2 rings (SSSR count). The summed E-state index contributed by atoms with van der Waals surface area (Å²) in [7, 11) is 0. The molecule has 1 nitrogen and oxygen atoms in total. The molecular formula is C11H18O. The van der Waals surface area contributed by atoms with Crippen molar-refractivity contribution in [3.63, 3.8) is 0 Å². The van der Waals surface area contributed by atoms with Crippen LogP contribution in [0.15, 0.2) is 0 Å². The Hall–Kier alpha value is -0.330. The maximum Gasteiger partial charge on any atom is 0.136 e. The molecule has 2 aliphatic carbocycles. The summed E-state index contributed by atoms with van der Waals surface area (Å²) in [6, 6.07) is 0. The quantitative estimate of drug-likeness (QED) is 0.585. The lowest BCUT2D eigenvalue weighted by Crippen LogP contribution is -2.31. The molecule has 2 saturated carbocycles. The summed E-state index contributed by atoms with van der Waals surface area (Å²) < 4.78 is 0. The lowest BCUT2D eigenvalue weighted by atomic mass is 9.70. The molecule has 2 aliphatic rings. The molecule has 0 aromatic rings. The fourth-order valence-electron chi connectivity index (χ4n) is 2.39. The van der Waals surface area contributed by atoms with Crippen LogP contribution in [0, 0.1) is 17.3 Å². The zero-order valence-corrected chi connectivity index (χ0v) is 8.10. The van der Waals surface area contributed by atoms with Crippen molar-refractivity contribution in [1.82, 2.24) is 0 Å². The Morgan fingerprint density at radius 3 is 2.58 bits per heavy atom. The first-order valence-electron chi connectivity index (χ1n) is 5.11. The van der Waals surface area contributed by atoms with Gasteiger partial charge in [0.1, 0.15) is 5.78 Å². The molecule has 2 fully saturated rings. The van der Waals surface area contributed by atoms with Crippen molar-refractivity contribution in [2.24, 2.45) is 17.3 Å². The molecule has 0 heterocycles. The SMILES string of the molecule is CC1(C)CCC(=O)C(C2CC2)C1. The molecule has 1 heteroatoms. The summed E-state index contributed by atoms with van der Waals surface area (Å²) in [6.07, 6.45) is 5.72. The normalized spacial score (nSPS) is 35.2. The predicted octanol–water partition coefficient (Wildman–Crippen LogP) is 2.79. The summed E-state index contributed by atoms with van der Waals surface area (Å²) in [4.78, 5) is 11.6. The van der Waals surface area contributed by atoms with Crippen molar-refractivity contribution < 1.29 is 4.79 Å². The topological polar surface area (TPSA) is 17.1 Å². The maximum absolute atomic E-state index is 11.6. The van der Waals surface area contributed by atoms with Crippen LogP contribution in [0.5, 0.6) is 0 Å². The van der Waals surface area contributed by atoms with Gasteiger partial charge in [-0.1, -0.05) is 13.8 Å². The van der Waals surface area contributed by atoms with Crippen molar-refractivity contribution in [2.45, 2.75) is 46.0 Å². The molecule has 0 radical (unpaired) electrons. The molecule has 0 saturated heterocycles. The first-order chi connectivity index (χ1) is 5.58. The molecule has 0 aliphatic heterocycles. The van der Waals surface area contributed by atoms with Crippen LogP contribution in [0.25, 0.3) is 0 Å². The van der Waals surface area contributed by atoms with Crippen molar-refractivity contribution in [3.8, 4) is 0 Å². The Bertz CT molecular complexity index is 201. The summed E-state index contributed by atoms with van der Waals surface area (Å²) in [6.45, 7) is 4.60. The van der Waals surface area contributed by atoms with E-state index in [1.165, 1.54) is 12.8 Å². The van der Waals surface area contributed by atoms with Crippen molar-refractivity contribution in [1.29, 1.82) is 0 Å². The summed E-state index contributed by atoms with van der Waals surface area (Å²) >= 11 is 0. The Labute approximate surface area is 74.5 Å². The van der Waals surface area contributed by atoms with Crippen LogP contribution in [0.2, 0.25) is 0 Å². The van der Waals surface area contributed by atoms with Gasteiger partial charge in [0.15, 0.2) is 0 Å². The average molecular weight is 166 g/mol. The van der Waals surface area contributed by atoms with Gasteiger partial charge in [0.2, 0.25) is 0 Å². The van der Waals surface area contributed by atoms with E-state index in [9.17, 15) is 4.79 Å². The zero-order chi connectivity index (χ0) is 8.77. The van der Waals surface area contributed by atoms with Gasteiger partial charge >= 0.3 is 0 Å². The third-order valence-corrected chi connectivity index (χ3v) is 3.43. The lowest BCUT2D eigenvalue weighted by molar-refractivity contribution is -0.127. The van der Waals surface area contributed by atoms with Gasteiger partial charge in [-0.05, 0) is 37.0 Å². The van der Waals surface area contributed by atoms with Crippen molar-refractivity contribution in [3.05, 3.63) is 0 Å². The second-order valence-corrected chi connectivity index (χ2v) is 5.28. The highest BCUT2D eigenvalue weighted by atomic mass is 16.1. The van der Waals surface area contributed by atoms with Crippen molar-refractivity contribution in [2.75, 3.05) is 0 Å². The molecule has 1 atom stereocenters. The molecule has 0 bridgehead atoms. The van der Waals surface area contributed by atoms with E-state index in [0.29, 0.717) is 17.1 Å². The van der Waals surface area contributed by atoms with E-state index in [1.807, 2.05) is 0 Å². The molecule has 68 valence electrons. The number of carbonyl (C=O) groups is 1. The largest absolute Gasteiger partial charge is 0.299 e. The Balaban J connectivity index is 2.04. The van der Waals surface area contributed by atoms with E-state index < -0.39 is 0 Å². The van der Waals surface area contributed by atoms with Gasteiger partial charge in [-0.2, -0.15) is 0 Å². The summed E-state index contributed by atoms with van der Waals surface area (Å²) in [5.41, 5.74) is 0.432. The Morgan fingerprint density at radius 2 is 2.00 bits per heavy atom. The van der Waals surface area contributed by atoms with Crippen LogP contribution >= 0.6 is 0 Å². The highest BCUT2D eigenvalue weighted by molar-refractivity contribution is 5.82. The van der Waals surface area contributed by atoms with Crippen LogP contribution < -0.4 is 0 Å². The van der Waals surface area contributed by atoms with Gasteiger partial charge < -0.3 is 0 Å². The molecule has 0 aromatic heterocycles. The summed E-state index contributed by atoms with van der Waals surface area (Å²) in [5, 5.41) is 0. The number of carbonyl (C=O) groups excluding carboxylic acids is 1. The highest BCUT2D eigenvalue weighted by Gasteiger charge is 2.41. The molecular weight excluding hydrogens is 148 g/mol. The zero-order valence-electron chi connectivity index (χ0n) is 8.10. The van der Waals surface area contributed by atoms with Crippen LogP contribution in [0.3, 0.4) is 0 Å². The first kappa shape index (κ1) is 8.28. The van der Waals surface area contributed by atoms with Crippen molar-refractivity contribution >= 4 is 5.78 Å². The van der Waals surface area contributed by atoms with E-state index in [0.717, 1.165) is 25.2 Å². The van der Waals surface area contributed by atoms with E-state index in [1.54, 1.807) is 0 Å². The van der Waals surface area contributed by atoms with Gasteiger partial charge in [-0.25, -0.2) is 0 Å². The second-order valence-electron chi connectivity index (χ2n) is 5.28. The molecule has 1 unspecified atom stereocenters. The minimum atomic E-state index is 0.432. The maximum atomic E-state index is 11.6. The van der Waals surface area contributed by atoms with Gasteiger partial charge in [-0.15, -0.1) is 0 Å². The minimum absolute atomic E-state index is 0.432. The minimum Gasteiger partial charge on any atom is -0.299 e. The molecule has 0 aromatic carbocycles.